The second-order valence-electron chi connectivity index (χ2n) is 2.75. The molecule has 14 heavy (non-hydrogen) atoms. The van der Waals surface area contributed by atoms with Gasteiger partial charge in [0.1, 0.15) is 6.04 Å². The molecule has 1 aromatic carbocycles. The number of hydrogen-bond acceptors (Lipinski definition) is 2. The smallest absolute Gasteiger partial charge is 0.316 e. The van der Waals surface area contributed by atoms with Gasteiger partial charge in [-0.25, -0.2) is 0 Å². The third-order valence-electron chi connectivity index (χ3n) is 1.75. The first-order chi connectivity index (χ1) is 6.45. The van der Waals surface area contributed by atoms with Crippen LogP contribution < -0.4 is 5.73 Å². The van der Waals surface area contributed by atoms with Crippen molar-refractivity contribution in [3.63, 3.8) is 0 Å². The van der Waals surface area contributed by atoms with Gasteiger partial charge in [0.15, 0.2) is 0 Å². The van der Waals surface area contributed by atoms with Crippen LogP contribution in [0, 0.1) is 11.3 Å². The van der Waals surface area contributed by atoms with Crippen molar-refractivity contribution in [2.45, 2.75) is 12.2 Å². The Kier molecular flexibility index (Phi) is 2.77. The Morgan fingerprint density at radius 1 is 1.21 bits per heavy atom. The van der Waals surface area contributed by atoms with Crippen molar-refractivity contribution in [3.05, 3.63) is 35.4 Å². The Morgan fingerprint density at radius 3 is 2.07 bits per heavy atom. The molecule has 0 saturated heterocycles. The lowest BCUT2D eigenvalue weighted by atomic mass is 10.1. The number of hydrogen-bond donors (Lipinski definition) is 1. The van der Waals surface area contributed by atoms with E-state index < -0.39 is 12.2 Å². The second kappa shape index (κ2) is 3.68. The Morgan fingerprint density at radius 2 is 1.71 bits per heavy atom. The van der Waals surface area contributed by atoms with Gasteiger partial charge in [0.05, 0.1) is 11.6 Å². The molecule has 2 N–H and O–H groups in total. The minimum absolute atomic E-state index is 0.0449. The van der Waals surface area contributed by atoms with Gasteiger partial charge in [-0.2, -0.15) is 18.4 Å². The lowest BCUT2D eigenvalue weighted by Gasteiger charge is -2.15. The summed E-state index contributed by atoms with van der Waals surface area (Å²) in [6.45, 7) is 0. The average Bonchev–Trinajstić information content (AvgIpc) is 2.15. The normalized spacial score (nSPS) is 13.4. The molecule has 0 unspecified atom stereocenters. The fourth-order valence-corrected chi connectivity index (χ4v) is 0.954. The topological polar surface area (TPSA) is 49.8 Å². The molecular formula is C9H7F3N2. The van der Waals surface area contributed by atoms with Gasteiger partial charge < -0.3 is 5.73 Å². The predicted molar refractivity (Wildman–Crippen MR) is 44.1 cm³/mol. The summed E-state index contributed by atoms with van der Waals surface area (Å²) in [5.74, 6) is 0. The fraction of sp³-hybridized carbons (Fsp3) is 0.222. The molecule has 74 valence electrons. The highest BCUT2D eigenvalue weighted by Gasteiger charge is 2.37. The standard InChI is InChI=1S/C9H7F3N2/c10-9(11,12)8(14)7-3-1-6(5-13)2-4-7/h1-4,8H,14H2/t8-/m1/s1. The van der Waals surface area contributed by atoms with E-state index in [9.17, 15) is 13.2 Å². The van der Waals surface area contributed by atoms with Gasteiger partial charge in [-0.15, -0.1) is 0 Å². The Balaban J connectivity index is 2.94. The lowest BCUT2D eigenvalue weighted by Crippen LogP contribution is -2.28. The van der Waals surface area contributed by atoms with E-state index in [1.54, 1.807) is 0 Å². The van der Waals surface area contributed by atoms with Crippen molar-refractivity contribution in [1.82, 2.24) is 0 Å². The zero-order chi connectivity index (χ0) is 10.8. The van der Waals surface area contributed by atoms with Crippen molar-refractivity contribution >= 4 is 0 Å². The van der Waals surface area contributed by atoms with Crippen molar-refractivity contribution in [1.29, 1.82) is 5.26 Å². The maximum atomic E-state index is 12.1. The molecule has 0 bridgehead atoms. The quantitative estimate of drug-likeness (QED) is 0.754. The molecule has 0 aliphatic carbocycles. The van der Waals surface area contributed by atoms with E-state index in [4.69, 9.17) is 11.0 Å². The van der Waals surface area contributed by atoms with E-state index in [-0.39, 0.29) is 5.56 Å². The van der Waals surface area contributed by atoms with Gasteiger partial charge >= 0.3 is 6.18 Å². The summed E-state index contributed by atoms with van der Waals surface area (Å²) >= 11 is 0. The van der Waals surface area contributed by atoms with E-state index in [0.717, 1.165) is 0 Å². The van der Waals surface area contributed by atoms with E-state index in [1.807, 2.05) is 6.07 Å². The molecule has 5 heteroatoms. The highest BCUT2D eigenvalue weighted by molar-refractivity contribution is 5.33. The van der Waals surface area contributed by atoms with Crippen LogP contribution >= 0.6 is 0 Å². The van der Waals surface area contributed by atoms with Crippen molar-refractivity contribution in [2.75, 3.05) is 0 Å². The maximum absolute atomic E-state index is 12.1. The maximum Gasteiger partial charge on any atom is 0.407 e. The van der Waals surface area contributed by atoms with Crippen LogP contribution in [0.5, 0.6) is 0 Å². The summed E-state index contributed by atoms with van der Waals surface area (Å²) in [6.07, 6.45) is -4.45. The van der Waals surface area contributed by atoms with Crippen molar-refractivity contribution in [3.8, 4) is 6.07 Å². The molecule has 1 atom stereocenters. The first-order valence-electron chi connectivity index (χ1n) is 3.77. The minimum Gasteiger partial charge on any atom is -0.316 e. The van der Waals surface area contributed by atoms with E-state index in [0.29, 0.717) is 5.56 Å². The molecule has 1 rings (SSSR count). The van der Waals surface area contributed by atoms with Crippen LogP contribution in [0.25, 0.3) is 0 Å². The van der Waals surface area contributed by atoms with Gasteiger partial charge in [-0.1, -0.05) is 12.1 Å². The van der Waals surface area contributed by atoms with Crippen LogP contribution in [0.15, 0.2) is 24.3 Å². The summed E-state index contributed by atoms with van der Waals surface area (Å²) in [5, 5.41) is 8.42. The third-order valence-corrected chi connectivity index (χ3v) is 1.75. The highest BCUT2D eigenvalue weighted by atomic mass is 19.4. The second-order valence-corrected chi connectivity index (χ2v) is 2.75. The monoisotopic (exact) mass is 200 g/mol. The molecule has 0 aliphatic heterocycles. The molecule has 0 spiro atoms. The number of benzene rings is 1. The Labute approximate surface area is 78.8 Å². The number of alkyl halides is 3. The first-order valence-corrected chi connectivity index (χ1v) is 3.77. The number of halogens is 3. The minimum atomic E-state index is -4.45. The SMILES string of the molecule is N#Cc1ccc([C@@H](N)C(F)(F)F)cc1. The summed E-state index contributed by atoms with van der Waals surface area (Å²) < 4.78 is 36.4. The van der Waals surface area contributed by atoms with Gasteiger partial charge in [0.2, 0.25) is 0 Å². The van der Waals surface area contributed by atoms with Crippen LogP contribution in [0.4, 0.5) is 13.2 Å². The molecule has 0 aromatic heterocycles. The van der Waals surface area contributed by atoms with Crippen LogP contribution in [-0.2, 0) is 0 Å². The van der Waals surface area contributed by atoms with Crippen LogP contribution in [0.2, 0.25) is 0 Å². The number of nitriles is 1. The summed E-state index contributed by atoms with van der Waals surface area (Å²) in [5.41, 5.74) is 5.22. The van der Waals surface area contributed by atoms with Gasteiger partial charge in [-0.3, -0.25) is 0 Å². The van der Waals surface area contributed by atoms with Crippen molar-refractivity contribution in [2.24, 2.45) is 5.73 Å². The van der Waals surface area contributed by atoms with Crippen molar-refractivity contribution < 1.29 is 13.2 Å². The molecule has 0 fully saturated rings. The summed E-state index contributed by atoms with van der Waals surface area (Å²) in [4.78, 5) is 0. The van der Waals surface area contributed by atoms with E-state index in [2.05, 4.69) is 0 Å². The highest BCUT2D eigenvalue weighted by Crippen LogP contribution is 2.30. The summed E-state index contributed by atoms with van der Waals surface area (Å²) in [7, 11) is 0. The lowest BCUT2D eigenvalue weighted by molar-refractivity contribution is -0.149. The van der Waals surface area contributed by atoms with Gasteiger partial charge in [0.25, 0.3) is 0 Å². The van der Waals surface area contributed by atoms with Crippen LogP contribution in [0.3, 0.4) is 0 Å². The fourth-order valence-electron chi connectivity index (χ4n) is 0.954. The third kappa shape index (κ3) is 2.24. The zero-order valence-electron chi connectivity index (χ0n) is 7.05. The Hall–Kier alpha value is -1.54. The van der Waals surface area contributed by atoms with E-state index in [1.165, 1.54) is 24.3 Å². The summed E-state index contributed by atoms with van der Waals surface area (Å²) in [6, 6.07) is 4.84. The molecular weight excluding hydrogens is 193 g/mol. The molecule has 1 aromatic rings. The molecule has 0 amide bonds. The zero-order valence-corrected chi connectivity index (χ0v) is 7.05. The first kappa shape index (κ1) is 10.5. The largest absolute Gasteiger partial charge is 0.407 e. The van der Waals surface area contributed by atoms with Gasteiger partial charge in [-0.05, 0) is 17.7 Å². The number of nitrogens with zero attached hydrogens (tertiary/aromatic N) is 1. The average molecular weight is 200 g/mol. The molecule has 0 radical (unpaired) electrons. The molecule has 0 aliphatic rings. The van der Waals surface area contributed by atoms with Crippen LogP contribution in [-0.4, -0.2) is 6.18 Å². The van der Waals surface area contributed by atoms with Crippen LogP contribution in [0.1, 0.15) is 17.2 Å². The van der Waals surface area contributed by atoms with Gasteiger partial charge in [0, 0.05) is 0 Å². The number of rotatable bonds is 1. The molecule has 0 saturated carbocycles. The van der Waals surface area contributed by atoms with E-state index >= 15 is 0 Å². The Bertz CT molecular complexity index is 348. The molecule has 0 heterocycles. The number of nitrogens with two attached hydrogens (primary N) is 1. The predicted octanol–water partition coefficient (Wildman–Crippen LogP) is 2.12. The molecule has 2 nitrogen and oxygen atoms in total.